The molecule has 4 rings (SSSR count). The smallest absolute Gasteiger partial charge is 0.416 e. The number of nitrogens with one attached hydrogen (secondary N) is 2. The molecule has 2 aliphatic rings. The number of halogens is 3. The Morgan fingerprint density at radius 3 is 2.34 bits per heavy atom. The van der Waals surface area contributed by atoms with E-state index in [9.17, 15) is 37.8 Å². The Balaban J connectivity index is 1.67. The van der Waals surface area contributed by atoms with Gasteiger partial charge in [0.1, 0.15) is 11.5 Å². The molecular weight excluding hydrogens is 433 g/mol. The monoisotopic (exact) mass is 450 g/mol. The number of ether oxygens (including phenoxy) is 1. The van der Waals surface area contributed by atoms with E-state index in [0.29, 0.717) is 5.56 Å². The highest BCUT2D eigenvalue weighted by Gasteiger charge is 2.66. The van der Waals surface area contributed by atoms with Gasteiger partial charge in [-0.3, -0.25) is 25.0 Å². The Bertz CT molecular complexity index is 1100. The first-order valence-electron chi connectivity index (χ1n) is 9.48. The van der Waals surface area contributed by atoms with Crippen molar-refractivity contribution in [2.75, 3.05) is 6.61 Å². The molecular formula is C21H17F3N2O6. The fourth-order valence-corrected chi connectivity index (χ4v) is 4.27. The van der Waals surface area contributed by atoms with Crippen LogP contribution in [0.1, 0.15) is 17.2 Å². The molecule has 11 heteroatoms. The lowest BCUT2D eigenvalue weighted by Crippen LogP contribution is -2.58. The Morgan fingerprint density at radius 1 is 1.06 bits per heavy atom. The lowest BCUT2D eigenvalue weighted by atomic mass is 9.79. The van der Waals surface area contributed by atoms with Crippen molar-refractivity contribution in [3.8, 4) is 11.5 Å². The van der Waals surface area contributed by atoms with Crippen LogP contribution < -0.4 is 15.4 Å². The molecule has 0 saturated carbocycles. The van der Waals surface area contributed by atoms with Crippen LogP contribution in [0, 0.1) is 11.8 Å². The van der Waals surface area contributed by atoms with Crippen LogP contribution >= 0.6 is 0 Å². The second kappa shape index (κ2) is 7.61. The van der Waals surface area contributed by atoms with E-state index in [2.05, 4.69) is 10.6 Å². The van der Waals surface area contributed by atoms with Gasteiger partial charge in [0.05, 0.1) is 24.0 Å². The molecule has 0 bridgehead atoms. The van der Waals surface area contributed by atoms with Crippen molar-refractivity contribution in [2.45, 2.75) is 17.8 Å². The first kappa shape index (κ1) is 21.8. The van der Waals surface area contributed by atoms with Crippen molar-refractivity contribution in [2.24, 2.45) is 11.8 Å². The van der Waals surface area contributed by atoms with Crippen LogP contribution in [0.3, 0.4) is 0 Å². The summed E-state index contributed by atoms with van der Waals surface area (Å²) in [7, 11) is 0. The Hall–Kier alpha value is -3.44. The molecule has 2 aromatic rings. The molecule has 4 N–H and O–H groups in total. The fraction of sp³-hybridized carbons (Fsp3) is 0.286. The molecule has 0 radical (unpaired) electrons. The van der Waals surface area contributed by atoms with Gasteiger partial charge < -0.3 is 14.9 Å². The van der Waals surface area contributed by atoms with Crippen molar-refractivity contribution < 1.29 is 42.5 Å². The number of aliphatic hydroxyl groups is 1. The van der Waals surface area contributed by atoms with E-state index in [-0.39, 0.29) is 11.5 Å². The van der Waals surface area contributed by atoms with Crippen LogP contribution in [0.15, 0.2) is 48.5 Å². The number of hydrogen-bond acceptors (Lipinski definition) is 6. The van der Waals surface area contributed by atoms with Crippen molar-refractivity contribution in [3.05, 3.63) is 59.7 Å². The maximum atomic E-state index is 12.9. The quantitative estimate of drug-likeness (QED) is 0.513. The van der Waals surface area contributed by atoms with Gasteiger partial charge in [-0.05, 0) is 35.9 Å². The molecule has 2 fully saturated rings. The summed E-state index contributed by atoms with van der Waals surface area (Å²) in [5, 5.41) is 24.3. The summed E-state index contributed by atoms with van der Waals surface area (Å²) in [5.74, 6) is -5.34. The maximum absolute atomic E-state index is 12.9. The van der Waals surface area contributed by atoms with Crippen LogP contribution in [-0.4, -0.2) is 40.1 Å². The number of amides is 2. The highest BCUT2D eigenvalue weighted by atomic mass is 19.4. The van der Waals surface area contributed by atoms with Gasteiger partial charge in [0.2, 0.25) is 11.8 Å². The number of carbonyl (C=O) groups is 3. The predicted octanol–water partition coefficient (Wildman–Crippen LogP) is 1.85. The number of aliphatic carboxylic acids is 1. The molecule has 2 amide bonds. The molecule has 0 aliphatic carbocycles. The number of alkyl halides is 3. The summed E-state index contributed by atoms with van der Waals surface area (Å²) in [6, 6.07) is 9.30. The van der Waals surface area contributed by atoms with E-state index in [4.69, 9.17) is 4.74 Å². The fourth-order valence-electron chi connectivity index (χ4n) is 4.27. The van der Waals surface area contributed by atoms with Gasteiger partial charge in [-0.15, -0.1) is 0 Å². The molecule has 8 nitrogen and oxygen atoms in total. The third-order valence-corrected chi connectivity index (χ3v) is 5.74. The van der Waals surface area contributed by atoms with E-state index in [1.54, 1.807) is 6.07 Å². The van der Waals surface area contributed by atoms with Gasteiger partial charge in [0, 0.05) is 6.04 Å². The largest absolute Gasteiger partial charge is 0.480 e. The van der Waals surface area contributed by atoms with Crippen LogP contribution in [0.2, 0.25) is 0 Å². The minimum absolute atomic E-state index is 0.0711. The molecule has 2 aliphatic heterocycles. The van der Waals surface area contributed by atoms with Crippen LogP contribution in [0.5, 0.6) is 11.5 Å². The summed E-state index contributed by atoms with van der Waals surface area (Å²) >= 11 is 0. The number of aliphatic hydroxyl groups excluding tert-OH is 1. The zero-order valence-electron chi connectivity index (χ0n) is 16.2. The third-order valence-electron chi connectivity index (χ3n) is 5.74. The Labute approximate surface area is 179 Å². The number of hydrogen-bond donors (Lipinski definition) is 4. The second-order valence-corrected chi connectivity index (χ2v) is 7.61. The predicted molar refractivity (Wildman–Crippen MR) is 101 cm³/mol. The molecule has 168 valence electrons. The van der Waals surface area contributed by atoms with Gasteiger partial charge in [-0.1, -0.05) is 18.2 Å². The number of rotatable bonds is 5. The topological polar surface area (TPSA) is 125 Å². The number of carbonyl (C=O) groups excluding carboxylic acids is 2. The third kappa shape index (κ3) is 3.49. The van der Waals surface area contributed by atoms with E-state index in [0.717, 1.165) is 12.1 Å². The Kier molecular flexibility index (Phi) is 5.18. The minimum atomic E-state index is -4.54. The number of imide groups is 1. The molecule has 0 spiro atoms. The molecule has 2 saturated heterocycles. The number of benzene rings is 2. The molecule has 32 heavy (non-hydrogen) atoms. The normalized spacial score (nSPS) is 27.2. The molecule has 2 aromatic carbocycles. The van der Waals surface area contributed by atoms with E-state index >= 15 is 0 Å². The summed E-state index contributed by atoms with van der Waals surface area (Å²) in [5.41, 5.74) is -2.59. The van der Waals surface area contributed by atoms with Gasteiger partial charge in [-0.25, -0.2) is 0 Å². The maximum Gasteiger partial charge on any atom is 0.416 e. The van der Waals surface area contributed by atoms with Crippen LogP contribution in [0.25, 0.3) is 0 Å². The minimum Gasteiger partial charge on any atom is -0.480 e. The average Bonchev–Trinajstić information content (AvgIpc) is 3.24. The second-order valence-electron chi connectivity index (χ2n) is 7.61. The number of fused-ring (bicyclic) bond motifs is 1. The van der Waals surface area contributed by atoms with Crippen molar-refractivity contribution >= 4 is 17.8 Å². The number of carboxylic acid groups (broad SMARTS) is 1. The SMILES string of the molecule is O=C1NC(=O)C2C1C(c1cccc(Oc3cccc(C(F)(F)F)c3)c1)NC2(CO)C(=O)O. The van der Waals surface area contributed by atoms with Gasteiger partial charge in [-0.2, -0.15) is 13.2 Å². The van der Waals surface area contributed by atoms with E-state index in [1.165, 1.54) is 30.3 Å². The van der Waals surface area contributed by atoms with Gasteiger partial charge >= 0.3 is 12.1 Å². The summed E-state index contributed by atoms with van der Waals surface area (Å²) in [4.78, 5) is 36.6. The highest BCUT2D eigenvalue weighted by Crippen LogP contribution is 2.46. The van der Waals surface area contributed by atoms with E-state index < -0.39 is 59.5 Å². The molecule has 4 unspecified atom stereocenters. The van der Waals surface area contributed by atoms with E-state index in [1.807, 2.05) is 0 Å². The highest BCUT2D eigenvalue weighted by molar-refractivity contribution is 6.09. The lowest BCUT2D eigenvalue weighted by Gasteiger charge is -2.27. The first-order valence-corrected chi connectivity index (χ1v) is 9.48. The average molecular weight is 450 g/mol. The van der Waals surface area contributed by atoms with Crippen LogP contribution in [-0.2, 0) is 20.6 Å². The zero-order chi connectivity index (χ0) is 23.3. The number of carboxylic acids is 1. The van der Waals surface area contributed by atoms with Gasteiger partial charge in [0.25, 0.3) is 0 Å². The first-order chi connectivity index (χ1) is 15.1. The standard InChI is InChI=1S/C21H17F3N2O6/c22-21(23,24)11-4-2-6-13(8-11)32-12-5-1-3-10(7-12)16-14-15(18(29)25-17(14)28)20(9-27,26-16)19(30)31/h1-8,14-16,26-27H,9H2,(H,30,31)(H,25,28,29). The summed E-state index contributed by atoms with van der Waals surface area (Å²) in [6.07, 6.45) is -4.54. The van der Waals surface area contributed by atoms with Crippen molar-refractivity contribution in [1.82, 2.24) is 10.6 Å². The van der Waals surface area contributed by atoms with Crippen LogP contribution in [0.4, 0.5) is 13.2 Å². The van der Waals surface area contributed by atoms with Gasteiger partial charge in [0.15, 0.2) is 5.54 Å². The zero-order valence-corrected chi connectivity index (χ0v) is 16.2. The lowest BCUT2D eigenvalue weighted by molar-refractivity contribution is -0.151. The van der Waals surface area contributed by atoms with Crippen molar-refractivity contribution in [3.63, 3.8) is 0 Å². The Morgan fingerprint density at radius 2 is 1.72 bits per heavy atom. The summed E-state index contributed by atoms with van der Waals surface area (Å²) < 4.78 is 44.4. The molecule has 0 aromatic heterocycles. The molecule has 4 atom stereocenters. The van der Waals surface area contributed by atoms with Crippen molar-refractivity contribution in [1.29, 1.82) is 0 Å². The summed E-state index contributed by atoms with van der Waals surface area (Å²) in [6.45, 7) is -0.929. The molecule has 2 heterocycles.